The van der Waals surface area contributed by atoms with Crippen LogP contribution in [0, 0.1) is 0 Å². The van der Waals surface area contributed by atoms with Crippen molar-refractivity contribution in [3.63, 3.8) is 0 Å². The maximum Gasteiger partial charge on any atom is 0.183 e. The lowest BCUT2D eigenvalue weighted by Gasteiger charge is -2.40. The van der Waals surface area contributed by atoms with Crippen molar-refractivity contribution in [2.75, 3.05) is 33.9 Å². The minimum atomic E-state index is -0.314. The van der Waals surface area contributed by atoms with E-state index in [2.05, 4.69) is 41.1 Å². The van der Waals surface area contributed by atoms with Gasteiger partial charge in [-0.15, -0.1) is 0 Å². The van der Waals surface area contributed by atoms with Crippen LogP contribution in [0.15, 0.2) is 42.6 Å². The zero-order valence-electron chi connectivity index (χ0n) is 14.5. The van der Waals surface area contributed by atoms with E-state index in [9.17, 15) is 0 Å². The molecule has 0 unspecified atom stereocenters. The predicted molar refractivity (Wildman–Crippen MR) is 92.4 cm³/mol. The summed E-state index contributed by atoms with van der Waals surface area (Å²) in [5.74, 6) is 1.41. The first-order valence-electron chi connectivity index (χ1n) is 8.14. The van der Waals surface area contributed by atoms with Gasteiger partial charge in [0.2, 0.25) is 0 Å². The van der Waals surface area contributed by atoms with E-state index in [1.54, 1.807) is 20.4 Å². The molecular formula is C19H24N2O3. The lowest BCUT2D eigenvalue weighted by atomic mass is 9.94. The third-order valence-corrected chi connectivity index (χ3v) is 4.48. The molecule has 1 atom stereocenters. The van der Waals surface area contributed by atoms with Crippen molar-refractivity contribution in [2.24, 2.45) is 0 Å². The number of morpholine rings is 1. The summed E-state index contributed by atoms with van der Waals surface area (Å²) in [4.78, 5) is 6.83. The van der Waals surface area contributed by atoms with Crippen LogP contribution in [0.4, 0.5) is 0 Å². The Morgan fingerprint density at radius 1 is 1.17 bits per heavy atom. The van der Waals surface area contributed by atoms with E-state index in [0.717, 1.165) is 18.8 Å². The van der Waals surface area contributed by atoms with E-state index in [1.165, 1.54) is 5.56 Å². The average molecular weight is 328 g/mol. The number of benzene rings is 1. The lowest BCUT2D eigenvalue weighted by Crippen LogP contribution is -2.47. The first-order valence-corrected chi connectivity index (χ1v) is 8.14. The highest BCUT2D eigenvalue weighted by molar-refractivity contribution is 5.42. The molecule has 1 aliphatic rings. The Morgan fingerprint density at radius 3 is 2.67 bits per heavy atom. The van der Waals surface area contributed by atoms with Crippen molar-refractivity contribution in [3.05, 3.63) is 53.9 Å². The molecule has 0 radical (unpaired) electrons. The molecule has 2 aromatic rings. The van der Waals surface area contributed by atoms with E-state index in [1.807, 2.05) is 12.1 Å². The zero-order valence-corrected chi connectivity index (χ0v) is 14.5. The molecule has 1 aromatic carbocycles. The van der Waals surface area contributed by atoms with Gasteiger partial charge in [-0.3, -0.25) is 9.88 Å². The van der Waals surface area contributed by atoms with Gasteiger partial charge in [-0.25, -0.2) is 0 Å². The van der Waals surface area contributed by atoms with Crippen molar-refractivity contribution in [2.45, 2.75) is 19.1 Å². The molecule has 0 amide bonds. The van der Waals surface area contributed by atoms with Crippen LogP contribution in [0.2, 0.25) is 0 Å². The Balaban J connectivity index is 1.79. The summed E-state index contributed by atoms with van der Waals surface area (Å²) in [6.07, 6.45) is 1.76. The maximum atomic E-state index is 6.10. The zero-order chi connectivity index (χ0) is 17.0. The summed E-state index contributed by atoms with van der Waals surface area (Å²) in [7, 11) is 3.29. The number of pyridine rings is 1. The molecule has 24 heavy (non-hydrogen) atoms. The molecule has 0 N–H and O–H groups in total. The fourth-order valence-corrected chi connectivity index (χ4v) is 3.23. The second kappa shape index (κ2) is 7.20. The molecule has 0 saturated carbocycles. The van der Waals surface area contributed by atoms with Gasteiger partial charge in [0.05, 0.1) is 20.8 Å². The standard InChI is InChI=1S/C19H24N2O3/c1-19(15-7-5-4-6-8-15)14-21(11-12-24-19)13-16-18(23-3)17(22-2)9-10-20-16/h4-10H,11-14H2,1-3H3/t19-/m1/s1. The molecule has 5 nitrogen and oxygen atoms in total. The van der Waals surface area contributed by atoms with Crippen LogP contribution >= 0.6 is 0 Å². The van der Waals surface area contributed by atoms with E-state index >= 15 is 0 Å². The van der Waals surface area contributed by atoms with E-state index in [4.69, 9.17) is 14.2 Å². The minimum absolute atomic E-state index is 0.314. The van der Waals surface area contributed by atoms with Gasteiger partial charge in [-0.05, 0) is 12.5 Å². The Bertz CT molecular complexity index is 678. The molecule has 0 aliphatic carbocycles. The summed E-state index contributed by atoms with van der Waals surface area (Å²) in [5, 5.41) is 0. The van der Waals surface area contributed by atoms with Crippen LogP contribution in [0.1, 0.15) is 18.2 Å². The van der Waals surface area contributed by atoms with Crippen LogP contribution in [0.5, 0.6) is 11.5 Å². The molecule has 2 heterocycles. The van der Waals surface area contributed by atoms with Crippen LogP contribution in [-0.4, -0.2) is 43.8 Å². The summed E-state index contributed by atoms with van der Waals surface area (Å²) in [6, 6.07) is 12.2. The molecule has 0 bridgehead atoms. The van der Waals surface area contributed by atoms with Crippen LogP contribution in [0.3, 0.4) is 0 Å². The maximum absolute atomic E-state index is 6.10. The van der Waals surface area contributed by atoms with Gasteiger partial charge >= 0.3 is 0 Å². The third-order valence-electron chi connectivity index (χ3n) is 4.48. The highest BCUT2D eigenvalue weighted by Crippen LogP contribution is 2.33. The molecule has 1 aliphatic heterocycles. The number of ether oxygens (including phenoxy) is 3. The van der Waals surface area contributed by atoms with Gasteiger partial charge < -0.3 is 14.2 Å². The highest BCUT2D eigenvalue weighted by atomic mass is 16.5. The summed E-state index contributed by atoms with van der Waals surface area (Å²) in [5.41, 5.74) is 1.76. The molecule has 1 saturated heterocycles. The highest BCUT2D eigenvalue weighted by Gasteiger charge is 2.34. The van der Waals surface area contributed by atoms with Crippen molar-refractivity contribution < 1.29 is 14.2 Å². The monoisotopic (exact) mass is 328 g/mol. The van der Waals surface area contributed by atoms with Crippen LogP contribution in [0.25, 0.3) is 0 Å². The second-order valence-corrected chi connectivity index (χ2v) is 6.15. The number of rotatable bonds is 5. The lowest BCUT2D eigenvalue weighted by molar-refractivity contribution is -0.105. The fourth-order valence-electron chi connectivity index (χ4n) is 3.23. The van der Waals surface area contributed by atoms with Crippen LogP contribution in [-0.2, 0) is 16.9 Å². The Kier molecular flexibility index (Phi) is 5.02. The quantitative estimate of drug-likeness (QED) is 0.844. The smallest absolute Gasteiger partial charge is 0.183 e. The van der Waals surface area contributed by atoms with Crippen molar-refractivity contribution in [1.82, 2.24) is 9.88 Å². The van der Waals surface area contributed by atoms with Crippen molar-refractivity contribution >= 4 is 0 Å². The SMILES string of the molecule is COc1ccnc(CN2CCO[C@@](C)(c3ccccc3)C2)c1OC. The average Bonchev–Trinajstić information content (AvgIpc) is 2.62. The number of hydrogen-bond acceptors (Lipinski definition) is 5. The van der Waals surface area contributed by atoms with Gasteiger partial charge in [0.15, 0.2) is 11.5 Å². The van der Waals surface area contributed by atoms with E-state index < -0.39 is 0 Å². The number of aromatic nitrogens is 1. The Hall–Kier alpha value is -2.11. The molecule has 1 aromatic heterocycles. The van der Waals surface area contributed by atoms with Gasteiger partial charge in [0, 0.05) is 31.9 Å². The Morgan fingerprint density at radius 2 is 1.96 bits per heavy atom. The van der Waals surface area contributed by atoms with Gasteiger partial charge in [-0.1, -0.05) is 30.3 Å². The van der Waals surface area contributed by atoms with Gasteiger partial charge in [0.1, 0.15) is 11.3 Å². The molecular weight excluding hydrogens is 304 g/mol. The first-order chi connectivity index (χ1) is 11.7. The normalized spacial score (nSPS) is 21.5. The predicted octanol–water partition coefficient (Wildman–Crippen LogP) is 2.85. The van der Waals surface area contributed by atoms with Crippen molar-refractivity contribution in [1.29, 1.82) is 0 Å². The largest absolute Gasteiger partial charge is 0.493 e. The summed E-state index contributed by atoms with van der Waals surface area (Å²) >= 11 is 0. The van der Waals surface area contributed by atoms with Crippen LogP contribution < -0.4 is 9.47 Å². The molecule has 0 spiro atoms. The fraction of sp³-hybridized carbons (Fsp3) is 0.421. The van der Waals surface area contributed by atoms with Gasteiger partial charge in [-0.2, -0.15) is 0 Å². The number of nitrogens with zero attached hydrogens (tertiary/aromatic N) is 2. The minimum Gasteiger partial charge on any atom is -0.493 e. The van der Waals surface area contributed by atoms with Gasteiger partial charge in [0.25, 0.3) is 0 Å². The third kappa shape index (κ3) is 3.37. The second-order valence-electron chi connectivity index (χ2n) is 6.15. The topological polar surface area (TPSA) is 43.8 Å². The van der Waals surface area contributed by atoms with E-state index in [0.29, 0.717) is 24.7 Å². The van der Waals surface area contributed by atoms with Crippen molar-refractivity contribution in [3.8, 4) is 11.5 Å². The molecule has 3 rings (SSSR count). The first kappa shape index (κ1) is 16.7. The van der Waals surface area contributed by atoms with E-state index in [-0.39, 0.29) is 5.60 Å². The number of methoxy groups -OCH3 is 2. The molecule has 5 heteroatoms. The summed E-state index contributed by atoms with van der Waals surface area (Å²) in [6.45, 7) is 5.21. The molecule has 128 valence electrons. The Labute approximate surface area is 143 Å². The molecule has 1 fully saturated rings. The summed E-state index contributed by atoms with van der Waals surface area (Å²) < 4.78 is 17.0. The number of hydrogen-bond donors (Lipinski definition) is 0.